The van der Waals surface area contributed by atoms with Gasteiger partial charge >= 0.3 is 35.5 Å². The molecule has 15 heavy (non-hydrogen) atoms. The Hall–Kier alpha value is 1.11. The SMILES string of the molecule is Ic1ccc(I)cc1.NCCC(=O)O.[NaH]. The summed E-state index contributed by atoms with van der Waals surface area (Å²) in [6.07, 6.45) is 0.0694. The number of aliphatic carboxylic acids is 1. The van der Waals surface area contributed by atoms with Gasteiger partial charge in [0.15, 0.2) is 0 Å². The van der Waals surface area contributed by atoms with Crippen molar-refractivity contribution in [2.75, 3.05) is 6.54 Å². The van der Waals surface area contributed by atoms with E-state index in [1.165, 1.54) is 7.14 Å². The molecule has 6 heteroatoms. The van der Waals surface area contributed by atoms with Crippen LogP contribution in [0.5, 0.6) is 0 Å². The maximum absolute atomic E-state index is 9.52. The van der Waals surface area contributed by atoms with E-state index >= 15 is 0 Å². The molecule has 0 amide bonds. The third-order valence-electron chi connectivity index (χ3n) is 1.16. The Bertz CT molecular complexity index is 259. The van der Waals surface area contributed by atoms with Crippen molar-refractivity contribution >= 4 is 80.7 Å². The van der Waals surface area contributed by atoms with E-state index in [1.54, 1.807) is 0 Å². The Kier molecular flexibility index (Phi) is 14.3. The van der Waals surface area contributed by atoms with E-state index in [0.29, 0.717) is 0 Å². The number of benzene rings is 1. The van der Waals surface area contributed by atoms with Crippen LogP contribution in [0, 0.1) is 7.14 Å². The second kappa shape index (κ2) is 11.6. The number of hydrogen-bond donors (Lipinski definition) is 2. The average molecular weight is 443 g/mol. The molecule has 0 unspecified atom stereocenters. The summed E-state index contributed by atoms with van der Waals surface area (Å²) in [4.78, 5) is 9.52. The molecular weight excluding hydrogens is 431 g/mol. The van der Waals surface area contributed by atoms with Crippen molar-refractivity contribution in [3.8, 4) is 0 Å². The fraction of sp³-hybridized carbons (Fsp3) is 0.222. The summed E-state index contributed by atoms with van der Waals surface area (Å²) in [6.45, 7) is 0.231. The van der Waals surface area contributed by atoms with Crippen LogP contribution in [0.15, 0.2) is 24.3 Å². The van der Waals surface area contributed by atoms with Crippen molar-refractivity contribution in [3.63, 3.8) is 0 Å². The summed E-state index contributed by atoms with van der Waals surface area (Å²) in [5.41, 5.74) is 4.85. The molecule has 0 fully saturated rings. The summed E-state index contributed by atoms with van der Waals surface area (Å²) in [5.74, 6) is -0.836. The summed E-state index contributed by atoms with van der Waals surface area (Å²) in [6, 6.07) is 8.40. The first kappa shape index (κ1) is 18.5. The van der Waals surface area contributed by atoms with Gasteiger partial charge in [-0.25, -0.2) is 0 Å². The number of hydrogen-bond acceptors (Lipinski definition) is 2. The molecule has 0 radical (unpaired) electrons. The molecule has 0 saturated heterocycles. The Morgan fingerprint density at radius 1 is 1.20 bits per heavy atom. The maximum atomic E-state index is 9.52. The number of carboxylic acids is 1. The second-order valence-corrected chi connectivity index (χ2v) is 4.86. The van der Waals surface area contributed by atoms with Crippen LogP contribution in [0.3, 0.4) is 0 Å². The molecule has 0 aliphatic carbocycles. The van der Waals surface area contributed by atoms with Crippen molar-refractivity contribution in [1.29, 1.82) is 0 Å². The zero-order valence-electron chi connectivity index (χ0n) is 7.41. The van der Waals surface area contributed by atoms with Crippen LogP contribution in [0.4, 0.5) is 0 Å². The molecule has 0 bridgehead atoms. The average Bonchev–Trinajstić information content (AvgIpc) is 2.11. The third kappa shape index (κ3) is 13.0. The number of carboxylic acid groups (broad SMARTS) is 1. The van der Waals surface area contributed by atoms with Crippen molar-refractivity contribution in [3.05, 3.63) is 31.4 Å². The Labute approximate surface area is 139 Å². The second-order valence-electron chi connectivity index (χ2n) is 2.37. The molecule has 0 spiro atoms. The minimum absolute atomic E-state index is 0. The van der Waals surface area contributed by atoms with E-state index in [0.717, 1.165) is 0 Å². The van der Waals surface area contributed by atoms with E-state index in [9.17, 15) is 4.79 Å². The quantitative estimate of drug-likeness (QED) is 0.541. The molecule has 1 aromatic carbocycles. The van der Waals surface area contributed by atoms with Gasteiger partial charge in [-0.3, -0.25) is 4.79 Å². The molecule has 80 valence electrons. The van der Waals surface area contributed by atoms with Crippen LogP contribution < -0.4 is 5.73 Å². The van der Waals surface area contributed by atoms with Crippen LogP contribution in [0.2, 0.25) is 0 Å². The normalized spacial score (nSPS) is 8.20. The molecule has 3 N–H and O–H groups in total. The molecular formula is C9H12I2NNaO2. The first-order chi connectivity index (χ1) is 6.56. The molecule has 0 aliphatic rings. The van der Waals surface area contributed by atoms with Gasteiger partial charge in [-0.1, -0.05) is 0 Å². The van der Waals surface area contributed by atoms with Gasteiger partial charge in [-0.05, 0) is 69.4 Å². The van der Waals surface area contributed by atoms with Gasteiger partial charge < -0.3 is 10.8 Å². The molecule has 1 rings (SSSR count). The number of nitrogens with two attached hydrogens (primary N) is 1. The fourth-order valence-corrected chi connectivity index (χ4v) is 1.27. The van der Waals surface area contributed by atoms with Gasteiger partial charge in [-0.15, -0.1) is 0 Å². The molecule has 1 aromatic rings. The predicted molar refractivity (Wildman–Crippen MR) is 80.3 cm³/mol. The van der Waals surface area contributed by atoms with Gasteiger partial charge in [-0.2, -0.15) is 0 Å². The van der Waals surface area contributed by atoms with Gasteiger partial charge in [0.1, 0.15) is 0 Å². The van der Waals surface area contributed by atoms with E-state index in [2.05, 4.69) is 69.4 Å². The standard InChI is InChI=1S/C6H4I2.C3H7NO2.Na.H/c7-5-1-2-6(8)4-3-5;4-2-1-3(5)6;;/h1-4H;1-2,4H2,(H,5,6);;. The molecule has 0 saturated carbocycles. The van der Waals surface area contributed by atoms with Crippen molar-refractivity contribution in [2.24, 2.45) is 5.73 Å². The van der Waals surface area contributed by atoms with Gasteiger partial charge in [0, 0.05) is 13.7 Å². The summed E-state index contributed by atoms with van der Waals surface area (Å²) < 4.78 is 2.59. The molecule has 0 aromatic heterocycles. The van der Waals surface area contributed by atoms with Gasteiger partial charge in [0.2, 0.25) is 0 Å². The molecule has 0 heterocycles. The van der Waals surface area contributed by atoms with Gasteiger partial charge in [0.25, 0.3) is 0 Å². The Morgan fingerprint density at radius 2 is 1.53 bits per heavy atom. The number of rotatable bonds is 2. The van der Waals surface area contributed by atoms with Gasteiger partial charge in [0.05, 0.1) is 6.42 Å². The van der Waals surface area contributed by atoms with Crippen LogP contribution >= 0.6 is 45.2 Å². The first-order valence-electron chi connectivity index (χ1n) is 3.89. The summed E-state index contributed by atoms with van der Waals surface area (Å²) in [7, 11) is 0. The minimum atomic E-state index is -0.836. The number of halogens is 2. The zero-order chi connectivity index (χ0) is 11.0. The number of carbonyl (C=O) groups is 1. The van der Waals surface area contributed by atoms with Crippen molar-refractivity contribution < 1.29 is 9.90 Å². The topological polar surface area (TPSA) is 63.3 Å². The molecule has 0 aliphatic heterocycles. The Balaban J connectivity index is 0. The van der Waals surface area contributed by atoms with E-state index in [1.807, 2.05) is 0 Å². The van der Waals surface area contributed by atoms with Crippen LogP contribution in [0.25, 0.3) is 0 Å². The Morgan fingerprint density at radius 3 is 1.67 bits per heavy atom. The zero-order valence-corrected chi connectivity index (χ0v) is 11.7. The van der Waals surface area contributed by atoms with Crippen molar-refractivity contribution in [2.45, 2.75) is 6.42 Å². The van der Waals surface area contributed by atoms with E-state index in [4.69, 9.17) is 10.8 Å². The first-order valence-corrected chi connectivity index (χ1v) is 6.05. The van der Waals surface area contributed by atoms with E-state index < -0.39 is 5.97 Å². The predicted octanol–water partition coefficient (Wildman–Crippen LogP) is 1.67. The summed E-state index contributed by atoms with van der Waals surface area (Å²) >= 11 is 4.59. The van der Waals surface area contributed by atoms with Crippen molar-refractivity contribution in [1.82, 2.24) is 0 Å². The third-order valence-corrected chi connectivity index (χ3v) is 2.60. The molecule has 0 atom stereocenters. The monoisotopic (exact) mass is 443 g/mol. The molecule has 3 nitrogen and oxygen atoms in total. The van der Waals surface area contributed by atoms with E-state index in [-0.39, 0.29) is 42.5 Å². The van der Waals surface area contributed by atoms with Crippen LogP contribution in [-0.2, 0) is 4.79 Å². The van der Waals surface area contributed by atoms with Crippen LogP contribution in [0.1, 0.15) is 6.42 Å². The fourth-order valence-electron chi connectivity index (χ4n) is 0.553. The summed E-state index contributed by atoms with van der Waals surface area (Å²) in [5, 5.41) is 7.83. The van der Waals surface area contributed by atoms with Crippen LogP contribution in [-0.4, -0.2) is 47.2 Å².